The number of fused-ring (bicyclic) bond motifs is 5. The molecule has 4 aliphatic rings. The van der Waals surface area contributed by atoms with Crippen molar-refractivity contribution < 1.29 is 9.59 Å². The van der Waals surface area contributed by atoms with Crippen LogP contribution in [0.15, 0.2) is 11.6 Å². The molecule has 0 unspecified atom stereocenters. The Morgan fingerprint density at radius 2 is 1.96 bits per heavy atom. The number of carbonyl (C=O) groups excluding carboxylic acids is 2. The molecule has 0 aromatic rings. The van der Waals surface area contributed by atoms with E-state index in [2.05, 4.69) is 26.8 Å². The Kier molecular flexibility index (Phi) is 3.64. The van der Waals surface area contributed by atoms with Gasteiger partial charge in [-0.05, 0) is 73.5 Å². The Bertz CT molecular complexity index is 617. The maximum Gasteiger partial charge on any atom is 0.136 e. The summed E-state index contributed by atoms with van der Waals surface area (Å²) >= 11 is 0. The third-order valence-electron chi connectivity index (χ3n) is 8.72. The summed E-state index contributed by atoms with van der Waals surface area (Å²) in [6, 6.07) is 0. The van der Waals surface area contributed by atoms with Crippen molar-refractivity contribution in [3.05, 3.63) is 11.6 Å². The first kappa shape index (κ1) is 16.5. The van der Waals surface area contributed by atoms with E-state index in [0.29, 0.717) is 29.8 Å². The second-order valence-electron chi connectivity index (χ2n) is 9.82. The predicted molar refractivity (Wildman–Crippen MR) is 95.4 cm³/mol. The van der Waals surface area contributed by atoms with Crippen molar-refractivity contribution in [1.82, 2.24) is 0 Å². The smallest absolute Gasteiger partial charge is 0.136 e. The van der Waals surface area contributed by atoms with Crippen LogP contribution in [0.25, 0.3) is 0 Å². The second kappa shape index (κ2) is 5.29. The van der Waals surface area contributed by atoms with Gasteiger partial charge in [-0.2, -0.15) is 0 Å². The molecule has 0 bridgehead atoms. The van der Waals surface area contributed by atoms with E-state index in [1.54, 1.807) is 0 Å². The standard InChI is InChI=1S/C22H32O2/c1-13-11-19-17-6-5-15-12-16(24)7-9-21(15,3)18(17)8-10-22(19,4)20(13)14(2)23/h5,13,17-20H,6-12H2,1-4H3/t13-,17-,18+,19+,20-,21+,22+/m1/s1. The molecule has 0 spiro atoms. The molecule has 0 saturated heterocycles. The minimum absolute atomic E-state index is 0.207. The Morgan fingerprint density at radius 3 is 2.67 bits per heavy atom. The van der Waals surface area contributed by atoms with Crippen LogP contribution in [0.5, 0.6) is 0 Å². The second-order valence-corrected chi connectivity index (χ2v) is 9.82. The average molecular weight is 328 g/mol. The van der Waals surface area contributed by atoms with Crippen LogP contribution in [-0.2, 0) is 9.59 Å². The van der Waals surface area contributed by atoms with Crippen molar-refractivity contribution in [2.45, 2.75) is 72.6 Å². The minimum atomic E-state index is 0.207. The maximum absolute atomic E-state index is 12.4. The van der Waals surface area contributed by atoms with Crippen LogP contribution in [0.3, 0.4) is 0 Å². The monoisotopic (exact) mass is 328 g/mol. The fraction of sp³-hybridized carbons (Fsp3) is 0.818. The number of Topliss-reactive ketones (excluding diaryl/α,β-unsaturated/α-hetero) is 2. The average Bonchev–Trinajstić information content (AvgIpc) is 2.78. The number of carbonyl (C=O) groups is 2. The molecular weight excluding hydrogens is 296 g/mol. The van der Waals surface area contributed by atoms with Gasteiger partial charge in [0.1, 0.15) is 11.6 Å². The molecule has 0 amide bonds. The highest BCUT2D eigenvalue weighted by Gasteiger charge is 2.61. The van der Waals surface area contributed by atoms with Crippen molar-refractivity contribution in [2.75, 3.05) is 0 Å². The molecule has 0 N–H and O–H groups in total. The van der Waals surface area contributed by atoms with E-state index in [1.165, 1.54) is 24.8 Å². The zero-order valence-corrected chi connectivity index (χ0v) is 15.7. The summed E-state index contributed by atoms with van der Waals surface area (Å²) in [4.78, 5) is 24.3. The molecule has 2 nitrogen and oxygen atoms in total. The topological polar surface area (TPSA) is 34.1 Å². The Balaban J connectivity index is 1.70. The molecule has 4 aliphatic carbocycles. The van der Waals surface area contributed by atoms with Crippen LogP contribution in [-0.4, -0.2) is 11.6 Å². The van der Waals surface area contributed by atoms with Crippen LogP contribution in [0.1, 0.15) is 72.6 Å². The molecule has 7 atom stereocenters. The fourth-order valence-electron chi connectivity index (χ4n) is 7.71. The summed E-state index contributed by atoms with van der Waals surface area (Å²) in [5, 5.41) is 0. The van der Waals surface area contributed by atoms with Crippen LogP contribution >= 0.6 is 0 Å². The molecule has 0 heterocycles. The zero-order chi connectivity index (χ0) is 17.3. The van der Waals surface area contributed by atoms with Crippen molar-refractivity contribution >= 4 is 11.6 Å². The van der Waals surface area contributed by atoms with Gasteiger partial charge in [0.15, 0.2) is 0 Å². The summed E-state index contributed by atoms with van der Waals surface area (Å²) in [5.41, 5.74) is 1.90. The number of rotatable bonds is 1. The Morgan fingerprint density at radius 1 is 1.21 bits per heavy atom. The fourth-order valence-corrected chi connectivity index (χ4v) is 7.71. The summed E-state index contributed by atoms with van der Waals surface area (Å²) in [6.07, 6.45) is 9.75. The van der Waals surface area contributed by atoms with Crippen molar-refractivity contribution in [1.29, 1.82) is 0 Å². The largest absolute Gasteiger partial charge is 0.300 e. The van der Waals surface area contributed by atoms with E-state index in [0.717, 1.165) is 31.1 Å². The van der Waals surface area contributed by atoms with Crippen molar-refractivity contribution in [2.24, 2.45) is 40.4 Å². The molecule has 3 saturated carbocycles. The highest BCUT2D eigenvalue weighted by Crippen LogP contribution is 2.67. The zero-order valence-electron chi connectivity index (χ0n) is 15.7. The van der Waals surface area contributed by atoms with E-state index < -0.39 is 0 Å². The van der Waals surface area contributed by atoms with E-state index >= 15 is 0 Å². The van der Waals surface area contributed by atoms with Crippen LogP contribution < -0.4 is 0 Å². The van der Waals surface area contributed by atoms with Crippen LogP contribution in [0.4, 0.5) is 0 Å². The van der Waals surface area contributed by atoms with Gasteiger partial charge in [-0.25, -0.2) is 0 Å². The Labute approximate surface area is 146 Å². The van der Waals surface area contributed by atoms with E-state index in [1.807, 2.05) is 6.92 Å². The lowest BCUT2D eigenvalue weighted by atomic mass is 9.47. The van der Waals surface area contributed by atoms with Gasteiger partial charge in [0.2, 0.25) is 0 Å². The molecule has 24 heavy (non-hydrogen) atoms. The predicted octanol–water partition coefficient (Wildman–Crippen LogP) is 4.97. The van der Waals surface area contributed by atoms with E-state index in [4.69, 9.17) is 0 Å². The molecule has 3 fully saturated rings. The first-order valence-electron chi connectivity index (χ1n) is 9.99. The summed E-state index contributed by atoms with van der Waals surface area (Å²) in [7, 11) is 0. The van der Waals surface area contributed by atoms with Gasteiger partial charge in [0, 0.05) is 18.8 Å². The first-order chi connectivity index (χ1) is 11.3. The molecule has 2 heteroatoms. The normalized spacial score (nSPS) is 50.6. The lowest BCUT2D eigenvalue weighted by Gasteiger charge is -2.57. The van der Waals surface area contributed by atoms with Gasteiger partial charge < -0.3 is 0 Å². The van der Waals surface area contributed by atoms with Gasteiger partial charge in [-0.15, -0.1) is 0 Å². The number of ketones is 2. The lowest BCUT2D eigenvalue weighted by Crippen LogP contribution is -2.50. The third-order valence-corrected chi connectivity index (χ3v) is 8.72. The van der Waals surface area contributed by atoms with Crippen molar-refractivity contribution in [3.63, 3.8) is 0 Å². The highest BCUT2D eigenvalue weighted by molar-refractivity contribution is 5.82. The van der Waals surface area contributed by atoms with Gasteiger partial charge in [-0.1, -0.05) is 32.4 Å². The number of hydrogen-bond donors (Lipinski definition) is 0. The Hall–Kier alpha value is -0.920. The first-order valence-corrected chi connectivity index (χ1v) is 9.99. The minimum Gasteiger partial charge on any atom is -0.300 e. The third kappa shape index (κ3) is 2.07. The maximum atomic E-state index is 12.4. The van der Waals surface area contributed by atoms with Gasteiger partial charge >= 0.3 is 0 Å². The molecular formula is C22H32O2. The number of allylic oxidation sites excluding steroid dienone is 2. The van der Waals surface area contributed by atoms with E-state index in [9.17, 15) is 9.59 Å². The molecule has 0 radical (unpaired) electrons. The SMILES string of the molecule is CC(=O)[C@H]1[C@H](C)C[C@H]2[C@@H]3CC=C4CC(=O)CC[C@]4(C)[C@H]3CC[C@@]21C. The summed E-state index contributed by atoms with van der Waals surface area (Å²) < 4.78 is 0. The molecule has 0 aromatic carbocycles. The highest BCUT2D eigenvalue weighted by atomic mass is 16.1. The van der Waals surface area contributed by atoms with Gasteiger partial charge in [-0.3, -0.25) is 9.59 Å². The molecule has 0 aromatic heterocycles. The van der Waals surface area contributed by atoms with Crippen LogP contribution in [0.2, 0.25) is 0 Å². The molecule has 4 rings (SSSR count). The quantitative estimate of drug-likeness (QED) is 0.637. The molecule has 132 valence electrons. The summed E-state index contributed by atoms with van der Waals surface area (Å²) in [5.74, 6) is 3.76. The van der Waals surface area contributed by atoms with Crippen LogP contribution in [0, 0.1) is 40.4 Å². The summed E-state index contributed by atoms with van der Waals surface area (Å²) in [6.45, 7) is 8.96. The van der Waals surface area contributed by atoms with Gasteiger partial charge in [0.05, 0.1) is 0 Å². The van der Waals surface area contributed by atoms with Crippen molar-refractivity contribution in [3.8, 4) is 0 Å². The van der Waals surface area contributed by atoms with Gasteiger partial charge in [0.25, 0.3) is 0 Å². The lowest BCUT2D eigenvalue weighted by molar-refractivity contribution is -0.130. The number of hydrogen-bond acceptors (Lipinski definition) is 2. The molecule has 0 aliphatic heterocycles. The van der Waals surface area contributed by atoms with E-state index in [-0.39, 0.29) is 16.7 Å².